The van der Waals surface area contributed by atoms with Gasteiger partial charge < -0.3 is 79.6 Å². The number of nitrogens with zero attached hydrogens (tertiary/aromatic N) is 1. The van der Waals surface area contributed by atoms with E-state index in [4.69, 9.17) is 55.9 Å². The standard InChI is InChI=1S/C36H57FN8O11S.C28H30FNO4.C2H4/c1-5-6-7-31(46)40-11-13-52-15-17-54-19-18-53-16-14-51-12-10-32(47)44-33(25(2)3)35(49)42-26(4)34(48)43-29-9-8-27(23-56-36(38)50)28(20-29)22-55-24-30(45-39)21-41-57-37;1-6-14(2)25-20(18-9-7-8-17-16(4)22(29)10-15(3)24(17)18)12-30-23(25)11-19-21(27(30)31)13-34-28(32)26(19)33-5;1-2/h1,8-9,20-21,25-26,33,41,45H,6-7,10-19,22-24,39H2,2-4H3,(H2,38,50)(H,40,46)(H,42,49)(H,43,48)(H,44,47);10-11,26H,6-9,12-13H2,1-5H3;1-2H2/b30-21-;20-18-,25-14-;/t26-,33?;;/m0../s1. The Kier molecular flexibility index (Phi) is 34.1. The molecular weight excluding hydrogens is 1230 g/mol. The number of carbonyl (C=O) groups is 6. The molecule has 0 radical (unpaired) electrons. The Balaban J connectivity index is 0.000000430. The Bertz CT molecular complexity index is 3260. The highest BCUT2D eigenvalue weighted by Gasteiger charge is 2.37. The lowest BCUT2D eigenvalue weighted by Gasteiger charge is -2.26. The molecule has 3 aliphatic rings. The highest BCUT2D eigenvalue weighted by Crippen LogP contribution is 2.46. The van der Waals surface area contributed by atoms with Gasteiger partial charge in [0.15, 0.2) is 18.4 Å². The van der Waals surface area contributed by atoms with Crippen LogP contribution in [0, 0.1) is 37.9 Å². The summed E-state index contributed by atoms with van der Waals surface area (Å²) in [4.78, 5) is 87.3. The van der Waals surface area contributed by atoms with Crippen LogP contribution in [-0.4, -0.2) is 125 Å². The van der Waals surface area contributed by atoms with Crippen LogP contribution in [0.1, 0.15) is 129 Å². The number of benzene rings is 2. The first-order valence-corrected chi connectivity index (χ1v) is 31.3. The van der Waals surface area contributed by atoms with Crippen molar-refractivity contribution >= 4 is 64.9 Å². The van der Waals surface area contributed by atoms with Crippen LogP contribution in [0.2, 0.25) is 0 Å². The molecule has 2 aliphatic heterocycles. The number of anilines is 1. The third-order valence-corrected chi connectivity index (χ3v) is 15.4. The van der Waals surface area contributed by atoms with Gasteiger partial charge in [-0.25, -0.2) is 14.0 Å². The third-order valence-electron chi connectivity index (χ3n) is 15.2. The fourth-order valence-corrected chi connectivity index (χ4v) is 10.5. The molecule has 1 aliphatic carbocycles. The zero-order valence-corrected chi connectivity index (χ0v) is 55.3. The number of aryl methyl sites for hydroxylation is 1. The summed E-state index contributed by atoms with van der Waals surface area (Å²) in [5.74, 6) is 5.31. The number of hydrogen-bond donors (Lipinski definition) is 8. The van der Waals surface area contributed by atoms with Crippen molar-refractivity contribution in [2.24, 2.45) is 17.5 Å². The van der Waals surface area contributed by atoms with Crippen molar-refractivity contribution in [1.29, 1.82) is 0 Å². The van der Waals surface area contributed by atoms with Gasteiger partial charge in [-0.1, -0.05) is 32.4 Å². The molecule has 0 saturated carbocycles. The predicted molar refractivity (Wildman–Crippen MR) is 350 cm³/mol. The summed E-state index contributed by atoms with van der Waals surface area (Å²) in [5.41, 5.74) is 19.5. The molecule has 24 nitrogen and oxygen atoms in total. The molecule has 0 saturated heterocycles. The molecule has 3 aromatic rings. The first-order valence-electron chi connectivity index (χ1n) is 30.6. The number of ether oxygens (including phenoxy) is 8. The first-order chi connectivity index (χ1) is 44.7. The van der Waals surface area contributed by atoms with Crippen LogP contribution in [0.5, 0.6) is 0 Å². The Morgan fingerprint density at radius 3 is 2.17 bits per heavy atom. The molecule has 0 spiro atoms. The minimum atomic E-state index is -0.991. The molecule has 6 rings (SSSR count). The quantitative estimate of drug-likeness (QED) is 0.00571. The van der Waals surface area contributed by atoms with Crippen LogP contribution in [0.25, 0.3) is 11.1 Å². The van der Waals surface area contributed by atoms with Crippen molar-refractivity contribution in [3.05, 3.63) is 133 Å². The van der Waals surface area contributed by atoms with E-state index in [-0.39, 0.29) is 81.6 Å². The van der Waals surface area contributed by atoms with Gasteiger partial charge in [0.25, 0.3) is 5.56 Å². The number of allylic oxidation sites excluding steroid dienone is 4. The minimum Gasteiger partial charge on any atom is -0.458 e. The summed E-state index contributed by atoms with van der Waals surface area (Å²) in [6.07, 6.45) is 8.76. The van der Waals surface area contributed by atoms with Gasteiger partial charge in [0.2, 0.25) is 23.6 Å². The van der Waals surface area contributed by atoms with Crippen molar-refractivity contribution in [2.75, 3.05) is 78.4 Å². The van der Waals surface area contributed by atoms with Crippen LogP contribution in [0.4, 0.5) is 18.8 Å². The topological polar surface area (TPSA) is 322 Å². The smallest absolute Gasteiger partial charge is 0.404 e. The number of halogens is 2. The van der Waals surface area contributed by atoms with E-state index in [0.717, 1.165) is 64.8 Å². The Morgan fingerprint density at radius 1 is 0.871 bits per heavy atom. The molecule has 0 bridgehead atoms. The number of methoxy groups -OCH3 is 1. The Labute approximate surface area is 547 Å². The van der Waals surface area contributed by atoms with Crippen LogP contribution >= 0.6 is 12.3 Å². The lowest BCUT2D eigenvalue weighted by molar-refractivity contribution is -0.159. The van der Waals surface area contributed by atoms with E-state index >= 15 is 0 Å². The number of amides is 5. The Morgan fingerprint density at radius 2 is 1.55 bits per heavy atom. The van der Waals surface area contributed by atoms with E-state index in [1.807, 2.05) is 24.5 Å². The van der Waals surface area contributed by atoms with Gasteiger partial charge in [0.05, 0.1) is 89.6 Å². The maximum Gasteiger partial charge on any atom is 0.404 e. The van der Waals surface area contributed by atoms with Crippen molar-refractivity contribution in [3.8, 4) is 12.3 Å². The number of esters is 1. The second kappa shape index (κ2) is 40.9. The van der Waals surface area contributed by atoms with E-state index in [1.54, 1.807) is 38.1 Å². The van der Waals surface area contributed by atoms with E-state index in [1.165, 1.54) is 31.4 Å². The number of nitrogens with one attached hydrogen (secondary N) is 6. The normalized spacial score (nSPS) is 15.8. The zero-order chi connectivity index (χ0) is 68.6. The molecule has 27 heteroatoms. The van der Waals surface area contributed by atoms with Gasteiger partial charge in [-0.2, -0.15) is 0 Å². The largest absolute Gasteiger partial charge is 0.458 e. The summed E-state index contributed by atoms with van der Waals surface area (Å²) >= 11 is -0.128. The van der Waals surface area contributed by atoms with E-state index in [2.05, 4.69) is 64.3 Å². The molecule has 3 atom stereocenters. The fraction of sp³-hybridized carbons (Fsp3) is 0.500. The molecule has 2 aromatic carbocycles. The number of aromatic nitrogens is 1. The van der Waals surface area contributed by atoms with E-state index in [0.29, 0.717) is 99.2 Å². The minimum absolute atomic E-state index is 0.00464. The van der Waals surface area contributed by atoms with Crippen molar-refractivity contribution in [1.82, 2.24) is 30.7 Å². The number of rotatable bonds is 34. The molecule has 1 aromatic heterocycles. The zero-order valence-electron chi connectivity index (χ0n) is 54.5. The van der Waals surface area contributed by atoms with Gasteiger partial charge in [-0.3, -0.25) is 29.8 Å². The van der Waals surface area contributed by atoms with Gasteiger partial charge in [-0.15, -0.1) is 29.4 Å². The summed E-state index contributed by atoms with van der Waals surface area (Å²) in [6, 6.07) is 6.45. The highest BCUT2D eigenvalue weighted by atomic mass is 32.2. The van der Waals surface area contributed by atoms with Crippen molar-refractivity contribution < 1.29 is 74.9 Å². The number of nitrogens with two attached hydrogens (primary N) is 2. The summed E-state index contributed by atoms with van der Waals surface area (Å²) in [7, 11) is 1.45. The van der Waals surface area contributed by atoms with E-state index < -0.39 is 48.0 Å². The van der Waals surface area contributed by atoms with Gasteiger partial charge in [-0.05, 0) is 128 Å². The summed E-state index contributed by atoms with van der Waals surface area (Å²) in [6.45, 7) is 22.2. The molecule has 93 heavy (non-hydrogen) atoms. The molecule has 10 N–H and O–H groups in total. The molecular formula is C66H91F2N9O15S. The van der Waals surface area contributed by atoms with Crippen LogP contribution in [-0.2, 0) is 94.7 Å². The lowest BCUT2D eigenvalue weighted by Crippen LogP contribution is -2.53. The number of terminal acetylenes is 1. The number of hydrazine groups is 1. The average Bonchev–Trinajstić information content (AvgIpc) is 1.63. The second-order valence-electron chi connectivity index (χ2n) is 21.9. The van der Waals surface area contributed by atoms with E-state index in [9.17, 15) is 41.8 Å². The van der Waals surface area contributed by atoms with Crippen LogP contribution in [0.3, 0.4) is 0 Å². The highest BCUT2D eigenvalue weighted by molar-refractivity contribution is 7.92. The Hall–Kier alpha value is -7.94. The van der Waals surface area contributed by atoms with Crippen LogP contribution < -0.4 is 48.6 Å². The maximum atomic E-state index is 14.6. The number of fused-ring (bicyclic) bond motifs is 3. The summed E-state index contributed by atoms with van der Waals surface area (Å²) < 4.78 is 73.9. The number of hydrogen-bond acceptors (Lipinski definition) is 19. The summed E-state index contributed by atoms with van der Waals surface area (Å²) in [5, 5.41) is 10.8. The molecule has 5 amide bonds. The monoisotopic (exact) mass is 1320 g/mol. The third kappa shape index (κ3) is 23.5. The molecule has 0 fully saturated rings. The van der Waals surface area contributed by atoms with Crippen LogP contribution in [0.15, 0.2) is 71.3 Å². The van der Waals surface area contributed by atoms with Crippen molar-refractivity contribution in [3.63, 3.8) is 0 Å². The number of cyclic esters (lactones) is 1. The van der Waals surface area contributed by atoms with Gasteiger partial charge in [0.1, 0.15) is 31.1 Å². The number of pyridine rings is 1. The lowest BCUT2D eigenvalue weighted by atomic mass is 9.78. The molecule has 510 valence electrons. The van der Waals surface area contributed by atoms with Crippen molar-refractivity contribution in [2.45, 2.75) is 138 Å². The van der Waals surface area contributed by atoms with Gasteiger partial charge >= 0.3 is 12.1 Å². The number of carbonyl (C=O) groups excluding carboxylic acids is 6. The van der Waals surface area contributed by atoms with Gasteiger partial charge in [0, 0.05) is 55.9 Å². The molecule has 2 unspecified atom stereocenters. The number of primary amides is 1. The second-order valence-corrected chi connectivity index (χ2v) is 22.3. The average molecular weight is 1320 g/mol. The first kappa shape index (κ1) is 77.5. The predicted octanol–water partition coefficient (Wildman–Crippen LogP) is 6.93. The molecule has 3 heterocycles. The fourth-order valence-electron chi connectivity index (χ4n) is 10.3. The SMILES string of the molecule is C#CCCC(=O)NCCOCCOCCOCCOCCC(=O)NC(C(=O)N[C@@H](C)C(=O)Nc1ccc(COC(N)=O)c(COC/C(=C/NSF)NN)c1)C(C)C.C=C.CC/C(C)=C1/C(=C2/CCCc3c(C)c(F)cc(C)c32)Cn2c1cc1c(c2=O)COC(=O)C1OC. The maximum absolute atomic E-state index is 14.6.